The molecule has 0 aromatic heterocycles. The van der Waals surface area contributed by atoms with E-state index in [9.17, 15) is 4.79 Å². The van der Waals surface area contributed by atoms with Crippen LogP contribution in [0.15, 0.2) is 54.6 Å². The van der Waals surface area contributed by atoms with Crippen molar-refractivity contribution in [2.24, 2.45) is 5.92 Å². The zero-order valence-electron chi connectivity index (χ0n) is 16.0. The van der Waals surface area contributed by atoms with Gasteiger partial charge in [-0.15, -0.1) is 0 Å². The normalized spacial score (nSPS) is 22.1. The third kappa shape index (κ3) is 5.03. The molecule has 1 aliphatic heterocycles. The van der Waals surface area contributed by atoms with Gasteiger partial charge in [-0.25, -0.2) is 0 Å². The predicted octanol–water partition coefficient (Wildman–Crippen LogP) is 4.21. The Balaban J connectivity index is 1.62. The van der Waals surface area contributed by atoms with Crippen LogP contribution in [0.1, 0.15) is 42.3 Å². The number of hydrogen-bond acceptors (Lipinski definition) is 3. The van der Waals surface area contributed by atoms with Gasteiger partial charge in [0.1, 0.15) is 0 Å². The molecule has 0 amide bonds. The molecule has 1 heterocycles. The molecule has 3 unspecified atom stereocenters. The first-order chi connectivity index (χ1) is 12.5. The highest BCUT2D eigenvalue weighted by atomic mass is 16.5. The Morgan fingerprint density at radius 2 is 1.69 bits per heavy atom. The van der Waals surface area contributed by atoms with Crippen LogP contribution in [0.2, 0.25) is 0 Å². The molecule has 2 aromatic rings. The van der Waals surface area contributed by atoms with Gasteiger partial charge in [0.2, 0.25) is 0 Å². The molecule has 2 aromatic carbocycles. The number of carbonyl (C=O) groups is 1. The standard InChI is InChI=1S/C23H29NO2/c1-17(14-24-15-18(2)26-19(3)16-24)12-20-8-7-11-22(13-20)23(25)21-9-5-4-6-10-21/h4-11,13,17-19H,12,14-16H2,1-3H3. The molecule has 0 aliphatic carbocycles. The number of morpholine rings is 1. The molecule has 0 saturated carbocycles. The van der Waals surface area contributed by atoms with Crippen molar-refractivity contribution < 1.29 is 9.53 Å². The van der Waals surface area contributed by atoms with Gasteiger partial charge in [0.25, 0.3) is 0 Å². The Bertz CT molecular complexity index is 718. The fourth-order valence-corrected chi connectivity index (χ4v) is 3.94. The first kappa shape index (κ1) is 18.8. The van der Waals surface area contributed by atoms with E-state index < -0.39 is 0 Å². The molecule has 26 heavy (non-hydrogen) atoms. The average molecular weight is 351 g/mol. The van der Waals surface area contributed by atoms with Crippen molar-refractivity contribution in [2.75, 3.05) is 19.6 Å². The van der Waals surface area contributed by atoms with Gasteiger partial charge < -0.3 is 4.74 Å². The second-order valence-electron chi connectivity index (χ2n) is 7.68. The lowest BCUT2D eigenvalue weighted by Crippen LogP contribution is -2.47. The number of benzene rings is 2. The summed E-state index contributed by atoms with van der Waals surface area (Å²) in [5, 5.41) is 0. The molecular formula is C23H29NO2. The lowest BCUT2D eigenvalue weighted by atomic mass is 9.96. The summed E-state index contributed by atoms with van der Waals surface area (Å²) in [6, 6.07) is 17.6. The highest BCUT2D eigenvalue weighted by molar-refractivity contribution is 6.09. The summed E-state index contributed by atoms with van der Waals surface area (Å²) >= 11 is 0. The topological polar surface area (TPSA) is 29.5 Å². The molecular weight excluding hydrogens is 322 g/mol. The molecule has 1 aliphatic rings. The van der Waals surface area contributed by atoms with Crippen molar-refractivity contribution in [1.29, 1.82) is 0 Å². The molecule has 0 bridgehead atoms. The lowest BCUT2D eigenvalue weighted by molar-refractivity contribution is -0.0708. The van der Waals surface area contributed by atoms with Crippen molar-refractivity contribution in [3.63, 3.8) is 0 Å². The van der Waals surface area contributed by atoms with E-state index in [4.69, 9.17) is 4.74 Å². The van der Waals surface area contributed by atoms with E-state index in [0.717, 1.165) is 37.2 Å². The third-order valence-electron chi connectivity index (χ3n) is 4.87. The zero-order chi connectivity index (χ0) is 18.5. The molecule has 1 saturated heterocycles. The van der Waals surface area contributed by atoms with Crippen molar-refractivity contribution in [2.45, 2.75) is 39.4 Å². The Kier molecular flexibility index (Phi) is 6.23. The van der Waals surface area contributed by atoms with Crippen molar-refractivity contribution in [3.8, 4) is 0 Å². The Labute approximate surface area is 157 Å². The van der Waals surface area contributed by atoms with Crippen LogP contribution in [-0.2, 0) is 11.2 Å². The highest BCUT2D eigenvalue weighted by Gasteiger charge is 2.23. The van der Waals surface area contributed by atoms with Gasteiger partial charge in [0.05, 0.1) is 12.2 Å². The van der Waals surface area contributed by atoms with Crippen LogP contribution in [0.3, 0.4) is 0 Å². The maximum absolute atomic E-state index is 12.7. The summed E-state index contributed by atoms with van der Waals surface area (Å²) in [6.45, 7) is 9.64. The van der Waals surface area contributed by atoms with Crippen LogP contribution in [0.4, 0.5) is 0 Å². The van der Waals surface area contributed by atoms with Crippen molar-refractivity contribution >= 4 is 5.78 Å². The van der Waals surface area contributed by atoms with E-state index in [1.54, 1.807) is 0 Å². The smallest absolute Gasteiger partial charge is 0.193 e. The number of ether oxygens (including phenoxy) is 1. The monoisotopic (exact) mass is 351 g/mol. The molecule has 1 fully saturated rings. The van der Waals surface area contributed by atoms with E-state index in [1.807, 2.05) is 42.5 Å². The van der Waals surface area contributed by atoms with Gasteiger partial charge in [0.15, 0.2) is 5.78 Å². The van der Waals surface area contributed by atoms with E-state index in [1.165, 1.54) is 5.56 Å². The van der Waals surface area contributed by atoms with Gasteiger partial charge >= 0.3 is 0 Å². The molecule has 0 radical (unpaired) electrons. The number of ketones is 1. The van der Waals surface area contributed by atoms with Crippen LogP contribution in [0, 0.1) is 5.92 Å². The van der Waals surface area contributed by atoms with Gasteiger partial charge in [0, 0.05) is 30.8 Å². The molecule has 0 N–H and O–H groups in total. The highest BCUT2D eigenvalue weighted by Crippen LogP contribution is 2.17. The first-order valence-electron chi connectivity index (χ1n) is 9.57. The van der Waals surface area contributed by atoms with Gasteiger partial charge in [-0.2, -0.15) is 0 Å². The summed E-state index contributed by atoms with van der Waals surface area (Å²) in [7, 11) is 0. The van der Waals surface area contributed by atoms with Gasteiger partial charge in [-0.1, -0.05) is 55.5 Å². The fraction of sp³-hybridized carbons (Fsp3) is 0.435. The van der Waals surface area contributed by atoms with Crippen molar-refractivity contribution in [3.05, 3.63) is 71.3 Å². The number of carbonyl (C=O) groups excluding carboxylic acids is 1. The molecule has 3 atom stereocenters. The van der Waals surface area contributed by atoms with Crippen LogP contribution >= 0.6 is 0 Å². The third-order valence-corrected chi connectivity index (χ3v) is 4.87. The molecule has 3 rings (SSSR count). The predicted molar refractivity (Wildman–Crippen MR) is 106 cm³/mol. The van der Waals surface area contributed by atoms with Crippen LogP contribution in [0.5, 0.6) is 0 Å². The quantitative estimate of drug-likeness (QED) is 0.730. The number of nitrogens with zero attached hydrogens (tertiary/aromatic N) is 1. The van der Waals surface area contributed by atoms with Crippen molar-refractivity contribution in [1.82, 2.24) is 4.90 Å². The Morgan fingerprint density at radius 3 is 2.38 bits per heavy atom. The second kappa shape index (κ2) is 8.61. The second-order valence-corrected chi connectivity index (χ2v) is 7.68. The number of rotatable bonds is 6. The van der Waals surface area contributed by atoms with E-state index in [0.29, 0.717) is 18.1 Å². The minimum absolute atomic E-state index is 0.0935. The molecule has 138 valence electrons. The Hall–Kier alpha value is -1.97. The summed E-state index contributed by atoms with van der Waals surface area (Å²) in [5.41, 5.74) is 2.75. The minimum atomic E-state index is 0.0935. The fourth-order valence-electron chi connectivity index (χ4n) is 3.94. The minimum Gasteiger partial charge on any atom is -0.373 e. The van der Waals surface area contributed by atoms with E-state index in [-0.39, 0.29) is 5.78 Å². The largest absolute Gasteiger partial charge is 0.373 e. The van der Waals surface area contributed by atoms with E-state index >= 15 is 0 Å². The molecule has 0 spiro atoms. The zero-order valence-corrected chi connectivity index (χ0v) is 16.0. The lowest BCUT2D eigenvalue weighted by Gasteiger charge is -2.36. The summed E-state index contributed by atoms with van der Waals surface area (Å²) in [4.78, 5) is 15.2. The van der Waals surface area contributed by atoms with Crippen LogP contribution < -0.4 is 0 Å². The number of hydrogen-bond donors (Lipinski definition) is 0. The first-order valence-corrected chi connectivity index (χ1v) is 9.57. The maximum Gasteiger partial charge on any atom is 0.193 e. The SMILES string of the molecule is CC(Cc1cccc(C(=O)c2ccccc2)c1)CN1CC(C)OC(C)C1. The maximum atomic E-state index is 12.7. The Morgan fingerprint density at radius 1 is 1.04 bits per heavy atom. The van der Waals surface area contributed by atoms with Crippen LogP contribution in [0.25, 0.3) is 0 Å². The average Bonchev–Trinajstić information content (AvgIpc) is 2.61. The van der Waals surface area contributed by atoms with Gasteiger partial charge in [-0.05, 0) is 37.8 Å². The van der Waals surface area contributed by atoms with E-state index in [2.05, 4.69) is 37.8 Å². The van der Waals surface area contributed by atoms with Gasteiger partial charge in [-0.3, -0.25) is 9.69 Å². The summed E-state index contributed by atoms with van der Waals surface area (Å²) in [5.74, 6) is 0.630. The summed E-state index contributed by atoms with van der Waals surface area (Å²) in [6.07, 6.45) is 1.59. The molecule has 3 nitrogen and oxygen atoms in total. The molecule has 3 heteroatoms. The van der Waals surface area contributed by atoms with Crippen LogP contribution in [-0.4, -0.2) is 42.5 Å². The summed E-state index contributed by atoms with van der Waals surface area (Å²) < 4.78 is 5.82.